The summed E-state index contributed by atoms with van der Waals surface area (Å²) in [6, 6.07) is 0.741. The van der Waals surface area contributed by atoms with Crippen molar-refractivity contribution in [3.8, 4) is 0 Å². The van der Waals surface area contributed by atoms with Crippen molar-refractivity contribution in [1.29, 1.82) is 0 Å². The van der Waals surface area contributed by atoms with Gasteiger partial charge < -0.3 is 10.1 Å². The Labute approximate surface area is 101 Å². The van der Waals surface area contributed by atoms with Gasteiger partial charge in [-0.15, -0.1) is 11.3 Å². The normalized spacial score (nSPS) is 16.7. The van der Waals surface area contributed by atoms with Gasteiger partial charge >= 0.3 is 0 Å². The molecule has 0 amide bonds. The van der Waals surface area contributed by atoms with E-state index in [9.17, 15) is 0 Å². The number of aromatic nitrogens is 1. The maximum atomic E-state index is 5.69. The number of thiazole rings is 1. The first-order valence-electron chi connectivity index (χ1n) is 5.94. The Balaban J connectivity index is 1.94. The minimum Gasteiger partial charge on any atom is -0.369 e. The van der Waals surface area contributed by atoms with E-state index in [1.54, 1.807) is 11.3 Å². The molecule has 0 aromatic carbocycles. The van der Waals surface area contributed by atoms with E-state index in [2.05, 4.69) is 29.5 Å². The molecule has 4 heteroatoms. The number of hydrogen-bond donors (Lipinski definition) is 1. The third-order valence-electron chi connectivity index (χ3n) is 2.72. The van der Waals surface area contributed by atoms with Gasteiger partial charge in [0.15, 0.2) is 0 Å². The van der Waals surface area contributed by atoms with Gasteiger partial charge in [-0.05, 0) is 33.6 Å². The van der Waals surface area contributed by atoms with Gasteiger partial charge in [0.1, 0.15) is 10.6 Å². The first-order valence-corrected chi connectivity index (χ1v) is 6.82. The molecular weight excluding hydrogens is 220 g/mol. The molecule has 1 aliphatic rings. The second-order valence-electron chi connectivity index (χ2n) is 4.74. The van der Waals surface area contributed by atoms with E-state index in [-0.39, 0.29) is 5.60 Å². The molecule has 0 saturated heterocycles. The van der Waals surface area contributed by atoms with Crippen LogP contribution in [0.4, 0.5) is 0 Å². The van der Waals surface area contributed by atoms with Gasteiger partial charge in [-0.2, -0.15) is 0 Å². The summed E-state index contributed by atoms with van der Waals surface area (Å²) in [6.07, 6.45) is 2.64. The molecule has 0 radical (unpaired) electrons. The smallest absolute Gasteiger partial charge is 0.124 e. The summed E-state index contributed by atoms with van der Waals surface area (Å²) in [5.74, 6) is 0. The molecule has 0 spiro atoms. The van der Waals surface area contributed by atoms with Crippen LogP contribution >= 0.6 is 11.3 Å². The monoisotopic (exact) mass is 240 g/mol. The van der Waals surface area contributed by atoms with Crippen LogP contribution in [0.25, 0.3) is 0 Å². The zero-order valence-corrected chi connectivity index (χ0v) is 11.1. The first kappa shape index (κ1) is 12.0. The van der Waals surface area contributed by atoms with Crippen LogP contribution in [0.2, 0.25) is 0 Å². The summed E-state index contributed by atoms with van der Waals surface area (Å²) in [4.78, 5) is 4.63. The fourth-order valence-corrected chi connectivity index (χ4v) is 2.52. The van der Waals surface area contributed by atoms with Crippen LogP contribution < -0.4 is 5.32 Å². The Bertz CT molecular complexity index is 345. The molecule has 3 nitrogen and oxygen atoms in total. The molecule has 1 N–H and O–H groups in total. The summed E-state index contributed by atoms with van der Waals surface area (Å²) in [6.45, 7) is 7.79. The van der Waals surface area contributed by atoms with Crippen LogP contribution in [0, 0.1) is 0 Å². The van der Waals surface area contributed by atoms with Gasteiger partial charge in [-0.3, -0.25) is 0 Å². The summed E-state index contributed by atoms with van der Waals surface area (Å²) in [7, 11) is 0. The molecule has 0 aliphatic heterocycles. The summed E-state index contributed by atoms with van der Waals surface area (Å²) >= 11 is 1.69. The van der Waals surface area contributed by atoms with E-state index in [1.165, 1.54) is 12.8 Å². The highest BCUT2D eigenvalue weighted by Crippen LogP contribution is 2.28. The fraction of sp³-hybridized carbons (Fsp3) is 0.750. The Hall–Kier alpha value is -0.450. The molecule has 1 heterocycles. The maximum absolute atomic E-state index is 5.69. The predicted molar refractivity (Wildman–Crippen MR) is 66.6 cm³/mol. The Kier molecular flexibility index (Phi) is 3.62. The van der Waals surface area contributed by atoms with E-state index >= 15 is 0 Å². The third kappa shape index (κ3) is 3.03. The van der Waals surface area contributed by atoms with Crippen LogP contribution in [0.15, 0.2) is 5.38 Å². The number of ether oxygens (including phenoxy) is 1. The Morgan fingerprint density at radius 1 is 1.56 bits per heavy atom. The number of nitrogens with one attached hydrogen (secondary N) is 1. The minimum atomic E-state index is -0.253. The number of nitrogens with zero attached hydrogens (tertiary/aromatic N) is 1. The van der Waals surface area contributed by atoms with E-state index in [0.717, 1.165) is 29.9 Å². The molecule has 1 aliphatic carbocycles. The number of rotatable bonds is 6. The average Bonchev–Trinajstić information content (AvgIpc) is 2.92. The molecule has 90 valence electrons. The van der Waals surface area contributed by atoms with Gasteiger partial charge in [-0.25, -0.2) is 4.98 Å². The van der Waals surface area contributed by atoms with E-state index in [4.69, 9.17) is 4.74 Å². The van der Waals surface area contributed by atoms with Crippen LogP contribution in [0.5, 0.6) is 0 Å². The molecule has 1 fully saturated rings. The first-order chi connectivity index (χ1) is 7.62. The summed E-state index contributed by atoms with van der Waals surface area (Å²) in [5, 5.41) is 6.67. The highest BCUT2D eigenvalue weighted by atomic mass is 32.1. The topological polar surface area (TPSA) is 34.1 Å². The second kappa shape index (κ2) is 4.82. The summed E-state index contributed by atoms with van der Waals surface area (Å²) < 4.78 is 5.69. The molecule has 1 aromatic heterocycles. The molecule has 0 bridgehead atoms. The van der Waals surface area contributed by atoms with Gasteiger partial charge in [0, 0.05) is 24.6 Å². The fourth-order valence-electron chi connectivity index (χ4n) is 1.62. The highest BCUT2D eigenvalue weighted by molar-refractivity contribution is 7.09. The molecule has 0 unspecified atom stereocenters. The molecule has 1 aromatic rings. The number of hydrogen-bond acceptors (Lipinski definition) is 4. The minimum absolute atomic E-state index is 0.253. The standard InChI is InChI=1S/C12H20N2OS/c1-4-15-12(2,3)11-14-10(8-16-11)7-13-9-5-6-9/h8-9,13H,4-7H2,1-3H3. The summed E-state index contributed by atoms with van der Waals surface area (Å²) in [5.41, 5.74) is 0.886. The van der Waals surface area contributed by atoms with Gasteiger partial charge in [0.25, 0.3) is 0 Å². The van der Waals surface area contributed by atoms with Crippen LogP contribution in [0.3, 0.4) is 0 Å². The van der Waals surface area contributed by atoms with Crippen molar-refractivity contribution in [3.63, 3.8) is 0 Å². The lowest BCUT2D eigenvalue weighted by Gasteiger charge is -2.21. The van der Waals surface area contributed by atoms with Crippen LogP contribution in [0.1, 0.15) is 44.3 Å². The quantitative estimate of drug-likeness (QED) is 0.830. The van der Waals surface area contributed by atoms with Crippen molar-refractivity contribution >= 4 is 11.3 Å². The van der Waals surface area contributed by atoms with E-state index in [1.807, 2.05) is 6.92 Å². The van der Waals surface area contributed by atoms with Crippen LogP contribution in [-0.2, 0) is 16.9 Å². The average molecular weight is 240 g/mol. The van der Waals surface area contributed by atoms with Crippen molar-refractivity contribution < 1.29 is 4.74 Å². The highest BCUT2D eigenvalue weighted by Gasteiger charge is 2.25. The van der Waals surface area contributed by atoms with Crippen molar-refractivity contribution in [2.75, 3.05) is 6.61 Å². The zero-order chi connectivity index (χ0) is 11.6. The lowest BCUT2D eigenvalue weighted by molar-refractivity contribution is -0.0142. The predicted octanol–water partition coefficient (Wildman–Crippen LogP) is 2.67. The second-order valence-corrected chi connectivity index (χ2v) is 5.60. The van der Waals surface area contributed by atoms with Crippen molar-refractivity contribution in [2.24, 2.45) is 0 Å². The van der Waals surface area contributed by atoms with Crippen molar-refractivity contribution in [2.45, 2.75) is 51.8 Å². The molecule has 2 rings (SSSR count). The largest absolute Gasteiger partial charge is 0.369 e. The van der Waals surface area contributed by atoms with Gasteiger partial charge in [0.2, 0.25) is 0 Å². The van der Waals surface area contributed by atoms with Crippen molar-refractivity contribution in [1.82, 2.24) is 10.3 Å². The van der Waals surface area contributed by atoms with Gasteiger partial charge in [-0.1, -0.05) is 0 Å². The maximum Gasteiger partial charge on any atom is 0.124 e. The van der Waals surface area contributed by atoms with Crippen molar-refractivity contribution in [3.05, 3.63) is 16.1 Å². The Morgan fingerprint density at radius 2 is 2.31 bits per heavy atom. The Morgan fingerprint density at radius 3 is 2.94 bits per heavy atom. The molecule has 1 saturated carbocycles. The van der Waals surface area contributed by atoms with Crippen LogP contribution in [-0.4, -0.2) is 17.6 Å². The SMILES string of the molecule is CCOC(C)(C)c1nc(CNC2CC2)cs1. The molecule has 16 heavy (non-hydrogen) atoms. The van der Waals surface area contributed by atoms with Gasteiger partial charge in [0.05, 0.1) is 5.69 Å². The lowest BCUT2D eigenvalue weighted by atomic mass is 10.1. The molecular formula is C12H20N2OS. The zero-order valence-electron chi connectivity index (χ0n) is 10.2. The molecule has 0 atom stereocenters. The van der Waals surface area contributed by atoms with E-state index in [0.29, 0.717) is 0 Å². The van der Waals surface area contributed by atoms with E-state index < -0.39 is 0 Å². The lowest BCUT2D eigenvalue weighted by Crippen LogP contribution is -2.22. The third-order valence-corrected chi connectivity index (χ3v) is 3.92.